The summed E-state index contributed by atoms with van der Waals surface area (Å²) in [6.45, 7) is 7.02. The summed E-state index contributed by atoms with van der Waals surface area (Å²) in [6.07, 6.45) is 8.12. The highest BCUT2D eigenvalue weighted by atomic mass is 15.3. The lowest BCUT2D eigenvalue weighted by Gasteiger charge is -2.36. The third kappa shape index (κ3) is 4.59. The van der Waals surface area contributed by atoms with Crippen LogP contribution in [-0.2, 0) is 6.67 Å². The van der Waals surface area contributed by atoms with Crippen LogP contribution in [0.3, 0.4) is 0 Å². The molecule has 0 radical (unpaired) electrons. The van der Waals surface area contributed by atoms with Crippen LogP contribution in [0.25, 0.3) is 6.08 Å². The Labute approximate surface area is 139 Å². The molecule has 1 fully saturated rings. The molecular weight excluding hydrogens is 288 g/mol. The SMILES string of the molecule is C=C(/C=C\c1ncn(CN(C)C)c1N)N1CCC(N(C)C)CC1. The number of likely N-dealkylation sites (tertiary alicyclic amines) is 1. The van der Waals surface area contributed by atoms with E-state index in [-0.39, 0.29) is 0 Å². The number of aromatic nitrogens is 2. The highest BCUT2D eigenvalue weighted by Crippen LogP contribution is 2.19. The van der Waals surface area contributed by atoms with E-state index < -0.39 is 0 Å². The van der Waals surface area contributed by atoms with Crippen LogP contribution in [-0.4, -0.2) is 71.6 Å². The van der Waals surface area contributed by atoms with Crippen molar-refractivity contribution in [3.8, 4) is 0 Å². The number of nitrogens with zero attached hydrogens (tertiary/aromatic N) is 5. The minimum Gasteiger partial charge on any atom is -0.383 e. The third-order valence-electron chi connectivity index (χ3n) is 4.38. The predicted molar refractivity (Wildman–Crippen MR) is 96.8 cm³/mol. The maximum absolute atomic E-state index is 6.14. The van der Waals surface area contributed by atoms with Gasteiger partial charge in [0.1, 0.15) is 11.5 Å². The van der Waals surface area contributed by atoms with E-state index in [0.29, 0.717) is 11.9 Å². The molecule has 6 nitrogen and oxygen atoms in total. The molecule has 1 aromatic rings. The summed E-state index contributed by atoms with van der Waals surface area (Å²) in [5.74, 6) is 0.689. The Kier molecular flexibility index (Phi) is 5.85. The molecular formula is C17H30N6. The van der Waals surface area contributed by atoms with E-state index in [9.17, 15) is 0 Å². The number of nitrogens with two attached hydrogens (primary N) is 1. The second-order valence-corrected chi connectivity index (χ2v) is 6.71. The van der Waals surface area contributed by atoms with Gasteiger partial charge in [0.05, 0.1) is 13.0 Å². The molecule has 0 bridgehead atoms. The zero-order chi connectivity index (χ0) is 17.0. The largest absolute Gasteiger partial charge is 0.383 e. The molecule has 23 heavy (non-hydrogen) atoms. The number of allylic oxidation sites excluding steroid dienone is 1. The maximum atomic E-state index is 6.14. The van der Waals surface area contributed by atoms with Gasteiger partial charge in [0.15, 0.2) is 0 Å². The van der Waals surface area contributed by atoms with Crippen molar-refractivity contribution in [2.45, 2.75) is 25.6 Å². The van der Waals surface area contributed by atoms with Crippen LogP contribution in [0.15, 0.2) is 24.7 Å². The van der Waals surface area contributed by atoms with E-state index in [2.05, 4.69) is 40.4 Å². The molecule has 2 heterocycles. The minimum atomic E-state index is 0.681. The van der Waals surface area contributed by atoms with Crippen LogP contribution in [0.1, 0.15) is 18.5 Å². The zero-order valence-corrected chi connectivity index (χ0v) is 14.9. The van der Waals surface area contributed by atoms with Crippen LogP contribution in [0.5, 0.6) is 0 Å². The standard InChI is InChI=1S/C17H30N6/c1-14(22-10-8-15(9-11-22)21(4)5)6-7-16-17(18)23(12-19-16)13-20(2)3/h6-7,12,15H,1,8-11,13,18H2,2-5H3/b7-6-. The normalized spacial score (nSPS) is 16.9. The lowest BCUT2D eigenvalue weighted by Crippen LogP contribution is -2.41. The number of rotatable bonds is 6. The van der Waals surface area contributed by atoms with Crippen molar-refractivity contribution in [2.75, 3.05) is 47.0 Å². The van der Waals surface area contributed by atoms with E-state index in [1.54, 1.807) is 6.33 Å². The summed E-state index contributed by atoms with van der Waals surface area (Å²) < 4.78 is 1.94. The summed E-state index contributed by atoms with van der Waals surface area (Å²) in [4.78, 5) is 11.1. The molecule has 1 saturated heterocycles. The first kappa shape index (κ1) is 17.6. The fourth-order valence-electron chi connectivity index (χ4n) is 2.90. The van der Waals surface area contributed by atoms with Crippen LogP contribution in [0, 0.1) is 0 Å². The average molecular weight is 318 g/mol. The molecule has 0 unspecified atom stereocenters. The lowest BCUT2D eigenvalue weighted by molar-refractivity contribution is 0.174. The van der Waals surface area contributed by atoms with Crippen molar-refractivity contribution >= 4 is 11.9 Å². The number of piperidine rings is 1. The van der Waals surface area contributed by atoms with Gasteiger partial charge in [0.2, 0.25) is 0 Å². The number of anilines is 1. The van der Waals surface area contributed by atoms with E-state index in [0.717, 1.165) is 31.1 Å². The second kappa shape index (κ2) is 7.66. The smallest absolute Gasteiger partial charge is 0.132 e. The first-order chi connectivity index (χ1) is 10.9. The first-order valence-electron chi connectivity index (χ1n) is 8.12. The van der Waals surface area contributed by atoms with Crippen molar-refractivity contribution in [2.24, 2.45) is 0 Å². The third-order valence-corrected chi connectivity index (χ3v) is 4.38. The first-order valence-corrected chi connectivity index (χ1v) is 8.12. The monoisotopic (exact) mass is 318 g/mol. The van der Waals surface area contributed by atoms with Crippen molar-refractivity contribution < 1.29 is 0 Å². The Balaban J connectivity index is 1.93. The Bertz CT molecular complexity index is 549. The molecule has 2 rings (SSSR count). The fraction of sp³-hybridized carbons (Fsp3) is 0.588. The highest BCUT2D eigenvalue weighted by molar-refractivity contribution is 5.59. The van der Waals surface area contributed by atoms with Gasteiger partial charge in [-0.05, 0) is 53.2 Å². The Morgan fingerprint density at radius 2 is 2.00 bits per heavy atom. The van der Waals surface area contributed by atoms with E-state index in [1.165, 1.54) is 12.8 Å². The molecule has 0 aromatic carbocycles. The molecule has 0 aliphatic carbocycles. The summed E-state index contributed by atoms with van der Waals surface area (Å²) in [7, 11) is 8.33. The topological polar surface area (TPSA) is 53.6 Å². The van der Waals surface area contributed by atoms with Crippen molar-refractivity contribution in [1.82, 2.24) is 24.3 Å². The van der Waals surface area contributed by atoms with Gasteiger partial charge in [-0.25, -0.2) is 4.98 Å². The summed E-state index contributed by atoms with van der Waals surface area (Å²) in [5.41, 5.74) is 7.97. The van der Waals surface area contributed by atoms with Gasteiger partial charge in [0, 0.05) is 24.8 Å². The van der Waals surface area contributed by atoms with Gasteiger partial charge in [-0.2, -0.15) is 0 Å². The van der Waals surface area contributed by atoms with Crippen LogP contribution in [0.2, 0.25) is 0 Å². The van der Waals surface area contributed by atoms with Crippen molar-refractivity contribution in [1.29, 1.82) is 0 Å². The molecule has 0 saturated carbocycles. The van der Waals surface area contributed by atoms with Gasteiger partial charge in [-0.1, -0.05) is 6.58 Å². The number of hydrogen-bond donors (Lipinski definition) is 1. The fourth-order valence-corrected chi connectivity index (χ4v) is 2.90. The van der Waals surface area contributed by atoms with E-state index >= 15 is 0 Å². The van der Waals surface area contributed by atoms with E-state index in [4.69, 9.17) is 5.73 Å². The van der Waals surface area contributed by atoms with Crippen molar-refractivity contribution in [3.63, 3.8) is 0 Å². The molecule has 6 heteroatoms. The molecule has 2 N–H and O–H groups in total. The van der Waals surface area contributed by atoms with Gasteiger partial charge in [0.25, 0.3) is 0 Å². The number of imidazole rings is 1. The molecule has 128 valence electrons. The minimum absolute atomic E-state index is 0.681. The Hall–Kier alpha value is -1.79. The molecule has 0 amide bonds. The van der Waals surface area contributed by atoms with Gasteiger partial charge in [-0.3, -0.25) is 4.90 Å². The van der Waals surface area contributed by atoms with Crippen LogP contribution >= 0.6 is 0 Å². The average Bonchev–Trinajstić information content (AvgIpc) is 2.85. The summed E-state index contributed by atoms with van der Waals surface area (Å²) >= 11 is 0. The maximum Gasteiger partial charge on any atom is 0.132 e. The summed E-state index contributed by atoms with van der Waals surface area (Å²) in [6, 6.07) is 0.681. The molecule has 0 atom stereocenters. The Morgan fingerprint density at radius 1 is 1.35 bits per heavy atom. The lowest BCUT2D eigenvalue weighted by atomic mass is 10.0. The number of hydrogen-bond acceptors (Lipinski definition) is 5. The number of nitrogen functional groups attached to an aromatic ring is 1. The van der Waals surface area contributed by atoms with Gasteiger partial charge >= 0.3 is 0 Å². The van der Waals surface area contributed by atoms with Crippen molar-refractivity contribution in [3.05, 3.63) is 30.4 Å². The van der Waals surface area contributed by atoms with E-state index in [1.807, 2.05) is 30.8 Å². The van der Waals surface area contributed by atoms with Gasteiger partial charge in [-0.15, -0.1) is 0 Å². The molecule has 1 aromatic heterocycles. The molecule has 1 aliphatic rings. The van der Waals surface area contributed by atoms with Gasteiger partial charge < -0.3 is 20.1 Å². The van der Waals surface area contributed by atoms with Crippen LogP contribution < -0.4 is 5.73 Å². The molecule has 1 aliphatic heterocycles. The summed E-state index contributed by atoms with van der Waals surface area (Å²) in [5, 5.41) is 0. The van der Waals surface area contributed by atoms with Crippen LogP contribution in [0.4, 0.5) is 5.82 Å². The quantitative estimate of drug-likeness (QED) is 0.806. The zero-order valence-electron chi connectivity index (χ0n) is 14.9. The molecule has 0 spiro atoms. The Morgan fingerprint density at radius 3 is 2.57 bits per heavy atom. The predicted octanol–water partition coefficient (Wildman–Crippen LogP) is 1.54. The second-order valence-electron chi connectivity index (χ2n) is 6.71. The highest BCUT2D eigenvalue weighted by Gasteiger charge is 2.20.